The van der Waals surface area contributed by atoms with Gasteiger partial charge >= 0.3 is 0 Å². The minimum atomic E-state index is -3.65. The molecule has 0 aromatic carbocycles. The summed E-state index contributed by atoms with van der Waals surface area (Å²) in [5, 5.41) is 5.03. The van der Waals surface area contributed by atoms with Crippen molar-refractivity contribution in [2.75, 3.05) is 26.2 Å². The molecule has 1 aliphatic rings. The predicted molar refractivity (Wildman–Crippen MR) is 68.7 cm³/mol. The summed E-state index contributed by atoms with van der Waals surface area (Å²) >= 11 is 0. The molecule has 0 aromatic rings. The highest BCUT2D eigenvalue weighted by molar-refractivity contribution is 7.86. The van der Waals surface area contributed by atoms with Crippen molar-refractivity contribution in [2.45, 2.75) is 26.3 Å². The molecule has 1 amide bonds. The Morgan fingerprint density at radius 3 is 2.11 bits per heavy atom. The lowest BCUT2D eigenvalue weighted by Gasteiger charge is -2.34. The largest absolute Gasteiger partial charge is 0.339 e. The lowest BCUT2D eigenvalue weighted by molar-refractivity contribution is -0.134. The Kier molecular flexibility index (Phi) is 5.09. The van der Waals surface area contributed by atoms with Crippen LogP contribution in [0, 0.1) is 5.92 Å². The van der Waals surface area contributed by atoms with Gasteiger partial charge in [-0.3, -0.25) is 4.79 Å². The average molecular weight is 278 g/mol. The van der Waals surface area contributed by atoms with Gasteiger partial charge in [0, 0.05) is 26.2 Å². The Hall–Kier alpha value is -0.700. The quantitative estimate of drug-likeness (QED) is 0.666. The maximum absolute atomic E-state index is 12.0. The van der Waals surface area contributed by atoms with E-state index in [1.165, 1.54) is 4.31 Å². The Balaban J connectivity index is 2.50. The highest BCUT2D eigenvalue weighted by Crippen LogP contribution is 2.09. The maximum atomic E-state index is 12.0. The minimum Gasteiger partial charge on any atom is -0.339 e. The molecule has 8 heteroatoms. The van der Waals surface area contributed by atoms with Crippen LogP contribution in [-0.2, 0) is 15.0 Å². The molecule has 1 heterocycles. The molecule has 0 aromatic heterocycles. The molecule has 1 atom stereocenters. The van der Waals surface area contributed by atoms with E-state index in [0.29, 0.717) is 25.4 Å². The zero-order valence-corrected chi connectivity index (χ0v) is 11.7. The maximum Gasteiger partial charge on any atom is 0.277 e. The predicted octanol–water partition coefficient (Wildman–Crippen LogP) is -1.29. The molecule has 1 fully saturated rings. The first-order valence-electron chi connectivity index (χ1n) is 6.04. The fraction of sp³-hybridized carbons (Fsp3) is 0.900. The number of hydrogen-bond acceptors (Lipinski definition) is 4. The molecule has 0 unspecified atom stereocenters. The van der Waals surface area contributed by atoms with Crippen LogP contribution in [0.15, 0.2) is 0 Å². The van der Waals surface area contributed by atoms with E-state index < -0.39 is 16.3 Å². The third kappa shape index (κ3) is 4.20. The zero-order valence-electron chi connectivity index (χ0n) is 10.9. The third-order valence-corrected chi connectivity index (χ3v) is 4.04. The first-order chi connectivity index (χ1) is 8.21. The molecule has 0 radical (unpaired) electrons. The van der Waals surface area contributed by atoms with Gasteiger partial charge in [-0.25, -0.2) is 5.14 Å². The molecule has 0 saturated carbocycles. The Bertz CT molecular complexity index is 388. The van der Waals surface area contributed by atoms with E-state index in [0.717, 1.165) is 0 Å². The van der Waals surface area contributed by atoms with E-state index in [1.54, 1.807) is 4.90 Å². The summed E-state index contributed by atoms with van der Waals surface area (Å²) in [4.78, 5) is 13.6. The molecule has 1 aliphatic heterocycles. The van der Waals surface area contributed by atoms with Crippen LogP contribution in [0.2, 0.25) is 0 Å². The second-order valence-electron chi connectivity index (χ2n) is 5.01. The van der Waals surface area contributed by atoms with Gasteiger partial charge < -0.3 is 10.6 Å². The highest BCUT2D eigenvalue weighted by Gasteiger charge is 2.28. The molecule has 1 rings (SSSR count). The Morgan fingerprint density at radius 2 is 1.72 bits per heavy atom. The molecular weight excluding hydrogens is 256 g/mol. The Labute approximate surface area is 108 Å². The van der Waals surface area contributed by atoms with Crippen LogP contribution >= 0.6 is 0 Å². The number of hydrogen-bond donors (Lipinski definition) is 2. The fourth-order valence-corrected chi connectivity index (χ4v) is 2.68. The smallest absolute Gasteiger partial charge is 0.277 e. The summed E-state index contributed by atoms with van der Waals surface area (Å²) in [7, 11) is -3.65. The lowest BCUT2D eigenvalue weighted by atomic mass is 10.0. The third-order valence-electron chi connectivity index (χ3n) is 2.95. The van der Waals surface area contributed by atoms with Gasteiger partial charge in [0.2, 0.25) is 5.91 Å². The molecular formula is C10H22N4O3S. The number of piperazine rings is 1. The second kappa shape index (κ2) is 5.96. The molecule has 1 saturated heterocycles. The summed E-state index contributed by atoms with van der Waals surface area (Å²) in [6.07, 6.45) is 0.633. The van der Waals surface area contributed by atoms with Gasteiger partial charge in [0.1, 0.15) is 0 Å². The number of carbonyl (C=O) groups excluding carboxylic acids is 1. The molecule has 0 bridgehead atoms. The van der Waals surface area contributed by atoms with Crippen molar-refractivity contribution in [3.63, 3.8) is 0 Å². The van der Waals surface area contributed by atoms with Gasteiger partial charge in [0.25, 0.3) is 10.2 Å². The van der Waals surface area contributed by atoms with Crippen LogP contribution in [0.25, 0.3) is 0 Å². The number of amides is 1. The monoisotopic (exact) mass is 278 g/mol. The van der Waals surface area contributed by atoms with E-state index in [9.17, 15) is 13.2 Å². The summed E-state index contributed by atoms with van der Waals surface area (Å²) in [6.45, 7) is 5.18. The van der Waals surface area contributed by atoms with E-state index in [-0.39, 0.29) is 19.0 Å². The highest BCUT2D eigenvalue weighted by atomic mass is 32.2. The van der Waals surface area contributed by atoms with Crippen LogP contribution in [0.3, 0.4) is 0 Å². The molecule has 0 aliphatic carbocycles. The van der Waals surface area contributed by atoms with Crippen molar-refractivity contribution < 1.29 is 13.2 Å². The normalized spacial score (nSPS) is 20.2. The second-order valence-corrected chi connectivity index (χ2v) is 6.55. The van der Waals surface area contributed by atoms with Crippen LogP contribution in [0.4, 0.5) is 0 Å². The van der Waals surface area contributed by atoms with Crippen LogP contribution in [0.5, 0.6) is 0 Å². The van der Waals surface area contributed by atoms with Gasteiger partial charge in [0.05, 0.1) is 6.04 Å². The van der Waals surface area contributed by atoms with E-state index in [1.807, 2.05) is 13.8 Å². The average Bonchev–Trinajstić information content (AvgIpc) is 2.26. The van der Waals surface area contributed by atoms with Gasteiger partial charge in [-0.1, -0.05) is 13.8 Å². The first-order valence-corrected chi connectivity index (χ1v) is 7.54. The minimum absolute atomic E-state index is 0.113. The number of nitrogens with zero attached hydrogens (tertiary/aromatic N) is 2. The van der Waals surface area contributed by atoms with Crippen molar-refractivity contribution in [1.29, 1.82) is 0 Å². The topological polar surface area (TPSA) is 110 Å². The summed E-state index contributed by atoms with van der Waals surface area (Å²) in [5.74, 6) is 0.243. The van der Waals surface area contributed by atoms with Crippen molar-refractivity contribution >= 4 is 16.1 Å². The van der Waals surface area contributed by atoms with Crippen molar-refractivity contribution in [1.82, 2.24) is 9.21 Å². The summed E-state index contributed by atoms with van der Waals surface area (Å²) < 4.78 is 23.4. The van der Waals surface area contributed by atoms with Gasteiger partial charge in [-0.15, -0.1) is 0 Å². The number of carbonyl (C=O) groups is 1. The zero-order chi connectivity index (χ0) is 13.9. The van der Waals surface area contributed by atoms with Crippen LogP contribution in [0.1, 0.15) is 20.3 Å². The fourth-order valence-electron chi connectivity index (χ4n) is 2.01. The Morgan fingerprint density at radius 1 is 1.22 bits per heavy atom. The number of rotatable bonds is 4. The number of nitrogens with two attached hydrogens (primary N) is 2. The lowest BCUT2D eigenvalue weighted by Crippen LogP contribution is -2.55. The molecule has 18 heavy (non-hydrogen) atoms. The van der Waals surface area contributed by atoms with E-state index in [2.05, 4.69) is 0 Å². The SMILES string of the molecule is CC(C)C[C@H](N)C(=O)N1CCN(S(N)(=O)=O)CC1. The summed E-state index contributed by atoms with van der Waals surface area (Å²) in [5.41, 5.74) is 5.82. The van der Waals surface area contributed by atoms with Crippen molar-refractivity contribution in [3.05, 3.63) is 0 Å². The van der Waals surface area contributed by atoms with Gasteiger partial charge in [0.15, 0.2) is 0 Å². The molecule has 106 valence electrons. The summed E-state index contributed by atoms with van der Waals surface area (Å²) in [6, 6.07) is -0.508. The molecule has 4 N–H and O–H groups in total. The first kappa shape index (κ1) is 15.4. The van der Waals surface area contributed by atoms with E-state index in [4.69, 9.17) is 10.9 Å². The van der Waals surface area contributed by atoms with Crippen molar-refractivity contribution in [2.24, 2.45) is 16.8 Å². The van der Waals surface area contributed by atoms with Crippen LogP contribution < -0.4 is 10.9 Å². The van der Waals surface area contributed by atoms with Gasteiger partial charge in [-0.05, 0) is 12.3 Å². The van der Waals surface area contributed by atoms with Gasteiger partial charge in [-0.2, -0.15) is 12.7 Å². The standard InChI is InChI=1S/C10H22N4O3S/c1-8(2)7-9(11)10(15)13-3-5-14(6-4-13)18(12,16)17/h8-9H,3-7,11H2,1-2H3,(H2,12,16,17)/t9-/m0/s1. The molecule has 7 nitrogen and oxygen atoms in total. The van der Waals surface area contributed by atoms with Crippen molar-refractivity contribution in [3.8, 4) is 0 Å². The van der Waals surface area contributed by atoms with Crippen LogP contribution in [-0.4, -0.2) is 55.8 Å². The van der Waals surface area contributed by atoms with E-state index >= 15 is 0 Å². The molecule has 0 spiro atoms.